The first-order valence-electron chi connectivity index (χ1n) is 4.25. The number of benzene rings is 1. The molecule has 0 heterocycles. The molecule has 0 aliphatic carbocycles. The molecular formula is C10H10ClNO3. The molecule has 1 rings (SSSR count). The molecule has 5 heteroatoms. The fourth-order valence-corrected chi connectivity index (χ4v) is 1.44. The maximum absolute atomic E-state index is 9.57. The fourth-order valence-electron chi connectivity index (χ4n) is 1.24. The van der Waals surface area contributed by atoms with E-state index in [1.54, 1.807) is 0 Å². The van der Waals surface area contributed by atoms with Gasteiger partial charge in [0.25, 0.3) is 0 Å². The summed E-state index contributed by atoms with van der Waals surface area (Å²) in [7, 11) is 0. The molecule has 0 amide bonds. The van der Waals surface area contributed by atoms with Gasteiger partial charge in [0, 0.05) is 5.02 Å². The number of nitrogens with zero attached hydrogens (tertiary/aromatic N) is 1. The Kier molecular flexibility index (Phi) is 4.06. The zero-order chi connectivity index (χ0) is 11.4. The maximum Gasteiger partial charge on any atom is 0.170 e. The van der Waals surface area contributed by atoms with Crippen LogP contribution in [-0.4, -0.2) is 21.4 Å². The van der Waals surface area contributed by atoms with Gasteiger partial charge in [-0.2, -0.15) is 5.26 Å². The first-order valence-corrected chi connectivity index (χ1v) is 4.63. The Morgan fingerprint density at radius 2 is 2.07 bits per heavy atom. The van der Waals surface area contributed by atoms with E-state index in [0.717, 1.165) is 0 Å². The molecule has 0 fully saturated rings. The van der Waals surface area contributed by atoms with E-state index in [2.05, 4.69) is 0 Å². The van der Waals surface area contributed by atoms with Crippen LogP contribution in [0.3, 0.4) is 0 Å². The Morgan fingerprint density at radius 3 is 2.60 bits per heavy atom. The van der Waals surface area contributed by atoms with Crippen LogP contribution in [0.25, 0.3) is 0 Å². The standard InChI is InChI=1S/C10H10ClNO3/c11-7-1-2-8(6(3-7)5-13)10(15)9(14)4-12/h1-3,9-10,13-15H,5H2. The minimum absolute atomic E-state index is 0.302. The minimum atomic E-state index is -1.52. The normalized spacial score (nSPS) is 14.3. The second kappa shape index (κ2) is 5.10. The van der Waals surface area contributed by atoms with Gasteiger partial charge >= 0.3 is 0 Å². The van der Waals surface area contributed by atoms with Gasteiger partial charge in [-0.1, -0.05) is 17.7 Å². The summed E-state index contributed by atoms with van der Waals surface area (Å²) in [6, 6.07) is 5.98. The van der Waals surface area contributed by atoms with Crippen molar-refractivity contribution in [3.63, 3.8) is 0 Å². The van der Waals surface area contributed by atoms with Crippen molar-refractivity contribution < 1.29 is 15.3 Å². The third-order valence-electron chi connectivity index (χ3n) is 2.03. The minimum Gasteiger partial charge on any atom is -0.392 e. The van der Waals surface area contributed by atoms with Crippen molar-refractivity contribution in [3.8, 4) is 6.07 Å². The first kappa shape index (κ1) is 12.0. The molecular weight excluding hydrogens is 218 g/mol. The average Bonchev–Trinajstić information content (AvgIpc) is 2.26. The lowest BCUT2D eigenvalue weighted by Crippen LogP contribution is -2.17. The molecule has 80 valence electrons. The van der Waals surface area contributed by atoms with E-state index < -0.39 is 12.2 Å². The molecule has 4 nitrogen and oxygen atoms in total. The van der Waals surface area contributed by atoms with Gasteiger partial charge in [-0.15, -0.1) is 0 Å². The van der Waals surface area contributed by atoms with Crippen molar-refractivity contribution >= 4 is 11.6 Å². The highest BCUT2D eigenvalue weighted by atomic mass is 35.5. The average molecular weight is 228 g/mol. The molecule has 2 atom stereocenters. The first-order chi connectivity index (χ1) is 7.10. The summed E-state index contributed by atoms with van der Waals surface area (Å²) in [6.07, 6.45) is -2.86. The second-order valence-corrected chi connectivity index (χ2v) is 3.46. The van der Waals surface area contributed by atoms with E-state index in [-0.39, 0.29) is 6.61 Å². The Bertz CT molecular complexity index is 389. The summed E-state index contributed by atoms with van der Waals surface area (Å²) in [5.74, 6) is 0. The van der Waals surface area contributed by atoms with Crippen LogP contribution in [0.2, 0.25) is 5.02 Å². The van der Waals surface area contributed by atoms with Crippen LogP contribution in [-0.2, 0) is 6.61 Å². The van der Waals surface area contributed by atoms with Crippen molar-refractivity contribution in [1.29, 1.82) is 5.26 Å². The summed E-state index contributed by atoms with van der Waals surface area (Å²) in [5.41, 5.74) is 0.695. The number of aliphatic hydroxyl groups excluding tert-OH is 3. The van der Waals surface area contributed by atoms with Crippen LogP contribution < -0.4 is 0 Å². The number of hydrogen-bond donors (Lipinski definition) is 3. The topological polar surface area (TPSA) is 84.5 Å². The number of rotatable bonds is 3. The van der Waals surface area contributed by atoms with Gasteiger partial charge in [0.2, 0.25) is 0 Å². The van der Waals surface area contributed by atoms with E-state index in [1.165, 1.54) is 24.3 Å². The van der Waals surface area contributed by atoms with Crippen molar-refractivity contribution in [2.45, 2.75) is 18.8 Å². The van der Waals surface area contributed by atoms with E-state index >= 15 is 0 Å². The third-order valence-corrected chi connectivity index (χ3v) is 2.26. The Balaban J connectivity index is 3.09. The van der Waals surface area contributed by atoms with Crippen LogP contribution in [0.4, 0.5) is 0 Å². The lowest BCUT2D eigenvalue weighted by molar-refractivity contribution is 0.0513. The van der Waals surface area contributed by atoms with Crippen LogP contribution in [0.5, 0.6) is 0 Å². The van der Waals surface area contributed by atoms with Gasteiger partial charge in [0.05, 0.1) is 12.7 Å². The largest absolute Gasteiger partial charge is 0.392 e. The molecule has 0 spiro atoms. The Labute approximate surface area is 92.0 Å². The predicted octanol–water partition coefficient (Wildman–Crippen LogP) is 0.750. The number of halogens is 1. The van der Waals surface area contributed by atoms with Crippen molar-refractivity contribution in [2.75, 3.05) is 0 Å². The van der Waals surface area contributed by atoms with E-state index in [9.17, 15) is 5.11 Å². The lowest BCUT2D eigenvalue weighted by Gasteiger charge is -2.15. The van der Waals surface area contributed by atoms with Crippen LogP contribution in [0.15, 0.2) is 18.2 Å². The van der Waals surface area contributed by atoms with Crippen LogP contribution in [0, 0.1) is 11.3 Å². The van der Waals surface area contributed by atoms with Crippen LogP contribution in [0.1, 0.15) is 17.2 Å². The summed E-state index contributed by atoms with van der Waals surface area (Å²) in [5, 5.41) is 36.6. The van der Waals surface area contributed by atoms with Crippen molar-refractivity contribution in [3.05, 3.63) is 34.3 Å². The molecule has 0 aromatic heterocycles. The van der Waals surface area contributed by atoms with Gasteiger partial charge in [-0.25, -0.2) is 0 Å². The van der Waals surface area contributed by atoms with Gasteiger partial charge in [0.15, 0.2) is 6.10 Å². The molecule has 3 N–H and O–H groups in total. The van der Waals surface area contributed by atoms with Gasteiger partial charge < -0.3 is 15.3 Å². The highest BCUT2D eigenvalue weighted by molar-refractivity contribution is 6.30. The predicted molar refractivity (Wildman–Crippen MR) is 54.0 cm³/mol. The molecule has 15 heavy (non-hydrogen) atoms. The third kappa shape index (κ3) is 2.67. The maximum atomic E-state index is 9.57. The highest BCUT2D eigenvalue weighted by Gasteiger charge is 2.20. The molecule has 0 aliphatic rings. The summed E-state index contributed by atoms with van der Waals surface area (Å²) in [6.45, 7) is -0.314. The Morgan fingerprint density at radius 1 is 1.40 bits per heavy atom. The Hall–Kier alpha value is -1.12. The van der Waals surface area contributed by atoms with E-state index in [1.807, 2.05) is 0 Å². The second-order valence-electron chi connectivity index (χ2n) is 3.02. The molecule has 0 bridgehead atoms. The van der Waals surface area contributed by atoms with E-state index in [4.69, 9.17) is 27.1 Å². The van der Waals surface area contributed by atoms with Gasteiger partial charge in [-0.05, 0) is 23.3 Å². The lowest BCUT2D eigenvalue weighted by atomic mass is 9.99. The van der Waals surface area contributed by atoms with E-state index in [0.29, 0.717) is 16.1 Å². The summed E-state index contributed by atoms with van der Waals surface area (Å²) >= 11 is 5.69. The van der Waals surface area contributed by atoms with Crippen LogP contribution >= 0.6 is 11.6 Å². The summed E-state index contributed by atoms with van der Waals surface area (Å²) < 4.78 is 0. The number of hydrogen-bond acceptors (Lipinski definition) is 4. The zero-order valence-electron chi connectivity index (χ0n) is 7.76. The smallest absolute Gasteiger partial charge is 0.170 e. The fraction of sp³-hybridized carbons (Fsp3) is 0.300. The molecule has 0 radical (unpaired) electrons. The monoisotopic (exact) mass is 227 g/mol. The molecule has 0 saturated heterocycles. The molecule has 2 unspecified atom stereocenters. The van der Waals surface area contributed by atoms with Crippen molar-refractivity contribution in [2.24, 2.45) is 0 Å². The van der Waals surface area contributed by atoms with Gasteiger partial charge in [-0.3, -0.25) is 0 Å². The SMILES string of the molecule is N#CC(O)C(O)c1ccc(Cl)cc1CO. The highest BCUT2D eigenvalue weighted by Crippen LogP contribution is 2.24. The van der Waals surface area contributed by atoms with Gasteiger partial charge in [0.1, 0.15) is 6.10 Å². The number of aliphatic hydroxyl groups is 3. The molecule has 1 aromatic rings. The zero-order valence-corrected chi connectivity index (χ0v) is 8.52. The quantitative estimate of drug-likeness (QED) is 0.666. The molecule has 0 saturated carbocycles. The molecule has 0 aliphatic heterocycles. The number of nitriles is 1. The van der Waals surface area contributed by atoms with Crippen molar-refractivity contribution in [1.82, 2.24) is 0 Å². The molecule has 1 aromatic carbocycles. The summed E-state index contributed by atoms with van der Waals surface area (Å²) in [4.78, 5) is 0.